The first-order valence-electron chi connectivity index (χ1n) is 7.51. The second-order valence-electron chi connectivity index (χ2n) is 5.84. The molecule has 2 N–H and O–H groups in total. The predicted octanol–water partition coefficient (Wildman–Crippen LogP) is 1.58. The van der Waals surface area contributed by atoms with Gasteiger partial charge in [0.2, 0.25) is 0 Å². The molecular formula is C16H19N3O3S. The molecule has 4 rings (SSSR count). The standard InChI is InChI=1S/C10H13N3.C6H6O3S/c1-6-12-5-9-8-4-11-3-7(8)2-10(9)13-6;7-10(8,9)6-4-2-1-3-5-6/h5,7-8,11H,2-4H2,1H3;1-5H,(H,7,8,9). The number of hydrogen-bond donors (Lipinski definition) is 2. The first-order chi connectivity index (χ1) is 10.9. The number of nitrogens with one attached hydrogen (secondary N) is 1. The Morgan fingerprint density at radius 2 is 1.96 bits per heavy atom. The number of benzene rings is 1. The summed E-state index contributed by atoms with van der Waals surface area (Å²) in [6.07, 6.45) is 3.17. The van der Waals surface area contributed by atoms with Gasteiger partial charge in [0, 0.05) is 24.4 Å². The Morgan fingerprint density at radius 3 is 2.61 bits per heavy atom. The van der Waals surface area contributed by atoms with E-state index in [0.717, 1.165) is 31.3 Å². The van der Waals surface area contributed by atoms with Crippen molar-refractivity contribution in [1.29, 1.82) is 0 Å². The molecule has 0 bridgehead atoms. The van der Waals surface area contributed by atoms with Crippen LogP contribution in [-0.4, -0.2) is 36.0 Å². The van der Waals surface area contributed by atoms with Crippen molar-refractivity contribution in [3.8, 4) is 0 Å². The van der Waals surface area contributed by atoms with E-state index in [0.29, 0.717) is 5.92 Å². The molecule has 0 radical (unpaired) electrons. The third kappa shape index (κ3) is 3.57. The summed E-state index contributed by atoms with van der Waals surface area (Å²) in [4.78, 5) is 8.70. The molecule has 2 unspecified atom stereocenters. The quantitative estimate of drug-likeness (QED) is 0.770. The molecule has 7 heteroatoms. The molecule has 1 aliphatic heterocycles. The average Bonchev–Trinajstić information content (AvgIpc) is 3.08. The zero-order valence-electron chi connectivity index (χ0n) is 12.8. The van der Waals surface area contributed by atoms with Crippen molar-refractivity contribution in [3.05, 3.63) is 53.6 Å². The van der Waals surface area contributed by atoms with Gasteiger partial charge in [0.25, 0.3) is 10.1 Å². The lowest BCUT2D eigenvalue weighted by molar-refractivity contribution is 0.483. The molecule has 0 saturated carbocycles. The molecule has 1 aromatic carbocycles. The van der Waals surface area contributed by atoms with Gasteiger partial charge >= 0.3 is 0 Å². The summed E-state index contributed by atoms with van der Waals surface area (Å²) in [6, 6.07) is 7.42. The van der Waals surface area contributed by atoms with Gasteiger partial charge < -0.3 is 5.32 Å². The van der Waals surface area contributed by atoms with Crippen LogP contribution in [0.2, 0.25) is 0 Å². The molecule has 1 fully saturated rings. The monoisotopic (exact) mass is 333 g/mol. The van der Waals surface area contributed by atoms with Crippen LogP contribution in [0.25, 0.3) is 0 Å². The summed E-state index contributed by atoms with van der Waals surface area (Å²) in [5.41, 5.74) is 2.68. The maximum Gasteiger partial charge on any atom is 0.294 e. The van der Waals surface area contributed by atoms with E-state index >= 15 is 0 Å². The SMILES string of the molecule is Cc1ncc2c(n1)CC1CNCC21.O=S(=O)(O)c1ccccc1. The third-order valence-corrected chi connectivity index (χ3v) is 5.12. The first-order valence-corrected chi connectivity index (χ1v) is 8.95. The molecule has 23 heavy (non-hydrogen) atoms. The Balaban J connectivity index is 0.000000142. The van der Waals surface area contributed by atoms with Gasteiger partial charge in [0.1, 0.15) is 5.82 Å². The number of nitrogens with zero attached hydrogens (tertiary/aromatic N) is 2. The molecule has 1 aromatic heterocycles. The van der Waals surface area contributed by atoms with Gasteiger partial charge in [-0.2, -0.15) is 8.42 Å². The van der Waals surface area contributed by atoms with Gasteiger partial charge in [0.05, 0.1) is 4.90 Å². The van der Waals surface area contributed by atoms with Crippen LogP contribution in [0.15, 0.2) is 41.4 Å². The highest BCUT2D eigenvalue weighted by Gasteiger charge is 2.36. The van der Waals surface area contributed by atoms with Gasteiger partial charge in [-0.05, 0) is 43.5 Å². The zero-order chi connectivity index (χ0) is 16.4. The number of hydrogen-bond acceptors (Lipinski definition) is 5. The van der Waals surface area contributed by atoms with E-state index in [1.165, 1.54) is 23.4 Å². The first kappa shape index (κ1) is 16.0. The van der Waals surface area contributed by atoms with E-state index in [1.54, 1.807) is 18.2 Å². The lowest BCUT2D eigenvalue weighted by Crippen LogP contribution is -2.11. The molecule has 2 heterocycles. The normalized spacial score (nSPS) is 22.0. The minimum Gasteiger partial charge on any atom is -0.316 e. The fourth-order valence-corrected chi connectivity index (χ4v) is 3.65. The van der Waals surface area contributed by atoms with Crippen LogP contribution in [0.4, 0.5) is 0 Å². The predicted molar refractivity (Wildman–Crippen MR) is 85.8 cm³/mol. The van der Waals surface area contributed by atoms with Crippen molar-refractivity contribution in [2.45, 2.75) is 24.2 Å². The summed E-state index contributed by atoms with van der Waals surface area (Å²) in [7, 11) is -4.00. The van der Waals surface area contributed by atoms with Gasteiger partial charge in [-0.1, -0.05) is 18.2 Å². The number of aromatic nitrogens is 2. The Morgan fingerprint density at radius 1 is 1.22 bits per heavy atom. The summed E-state index contributed by atoms with van der Waals surface area (Å²) in [5.74, 6) is 2.38. The van der Waals surface area contributed by atoms with E-state index in [1.807, 2.05) is 13.1 Å². The summed E-state index contributed by atoms with van der Waals surface area (Å²) < 4.78 is 29.2. The topological polar surface area (TPSA) is 92.2 Å². The molecule has 1 saturated heterocycles. The Kier molecular flexibility index (Phi) is 4.43. The molecule has 0 spiro atoms. The second-order valence-corrected chi connectivity index (χ2v) is 7.26. The summed E-state index contributed by atoms with van der Waals surface area (Å²) in [6.45, 7) is 4.23. The number of aryl methyl sites for hydroxylation is 1. The van der Waals surface area contributed by atoms with Gasteiger partial charge in [-0.25, -0.2) is 9.97 Å². The van der Waals surface area contributed by atoms with Crippen LogP contribution in [-0.2, 0) is 16.5 Å². The highest BCUT2D eigenvalue weighted by atomic mass is 32.2. The lowest BCUT2D eigenvalue weighted by atomic mass is 9.98. The van der Waals surface area contributed by atoms with Crippen molar-refractivity contribution in [3.63, 3.8) is 0 Å². The summed E-state index contributed by atoms with van der Waals surface area (Å²) in [5, 5.41) is 3.42. The fraction of sp³-hybridized carbons (Fsp3) is 0.375. The lowest BCUT2D eigenvalue weighted by Gasteiger charge is -2.06. The van der Waals surface area contributed by atoms with Crippen molar-refractivity contribution in [1.82, 2.24) is 15.3 Å². The van der Waals surface area contributed by atoms with Crippen LogP contribution >= 0.6 is 0 Å². The van der Waals surface area contributed by atoms with Gasteiger partial charge in [-0.3, -0.25) is 4.55 Å². The minimum atomic E-state index is -4.00. The average molecular weight is 333 g/mol. The van der Waals surface area contributed by atoms with E-state index in [-0.39, 0.29) is 4.90 Å². The molecular weight excluding hydrogens is 314 g/mol. The smallest absolute Gasteiger partial charge is 0.294 e. The van der Waals surface area contributed by atoms with E-state index in [4.69, 9.17) is 4.55 Å². The molecule has 2 atom stereocenters. The molecule has 2 aromatic rings. The molecule has 2 aliphatic rings. The van der Waals surface area contributed by atoms with Crippen molar-refractivity contribution >= 4 is 10.1 Å². The fourth-order valence-electron chi connectivity index (χ4n) is 3.15. The van der Waals surface area contributed by atoms with Gasteiger partial charge in [-0.15, -0.1) is 0 Å². The molecule has 122 valence electrons. The summed E-state index contributed by atoms with van der Waals surface area (Å²) >= 11 is 0. The highest BCUT2D eigenvalue weighted by molar-refractivity contribution is 7.85. The van der Waals surface area contributed by atoms with Crippen molar-refractivity contribution in [2.24, 2.45) is 5.92 Å². The second kappa shape index (κ2) is 6.35. The zero-order valence-corrected chi connectivity index (χ0v) is 13.6. The molecule has 6 nitrogen and oxygen atoms in total. The van der Waals surface area contributed by atoms with Gasteiger partial charge in [0.15, 0.2) is 0 Å². The Bertz CT molecular complexity index is 793. The minimum absolute atomic E-state index is 0.0741. The third-order valence-electron chi connectivity index (χ3n) is 4.26. The van der Waals surface area contributed by atoms with Crippen LogP contribution < -0.4 is 5.32 Å². The van der Waals surface area contributed by atoms with Crippen LogP contribution in [0.3, 0.4) is 0 Å². The Hall–Kier alpha value is -1.83. The van der Waals surface area contributed by atoms with E-state index in [9.17, 15) is 8.42 Å². The van der Waals surface area contributed by atoms with Crippen molar-refractivity contribution < 1.29 is 13.0 Å². The highest BCUT2D eigenvalue weighted by Crippen LogP contribution is 2.38. The largest absolute Gasteiger partial charge is 0.316 e. The molecule has 0 amide bonds. The number of fused-ring (bicyclic) bond motifs is 3. The van der Waals surface area contributed by atoms with Crippen LogP contribution in [0, 0.1) is 12.8 Å². The molecule has 1 aliphatic carbocycles. The number of rotatable bonds is 1. The Labute approximate surface area is 135 Å². The van der Waals surface area contributed by atoms with Crippen molar-refractivity contribution in [2.75, 3.05) is 13.1 Å². The maximum atomic E-state index is 10.4. The maximum absolute atomic E-state index is 10.4. The van der Waals surface area contributed by atoms with Crippen LogP contribution in [0.5, 0.6) is 0 Å². The van der Waals surface area contributed by atoms with Crippen LogP contribution in [0.1, 0.15) is 23.0 Å². The van der Waals surface area contributed by atoms with E-state index in [2.05, 4.69) is 15.3 Å². The van der Waals surface area contributed by atoms with E-state index < -0.39 is 10.1 Å².